The van der Waals surface area contributed by atoms with Crippen LogP contribution in [0.25, 0.3) is 0 Å². The van der Waals surface area contributed by atoms with Gasteiger partial charge >= 0.3 is 0 Å². The van der Waals surface area contributed by atoms with Gasteiger partial charge in [-0.3, -0.25) is 0 Å². The maximum atomic E-state index is 10.9. The van der Waals surface area contributed by atoms with Gasteiger partial charge in [-0.2, -0.15) is 0 Å². The van der Waals surface area contributed by atoms with Crippen LogP contribution in [0.5, 0.6) is 0 Å². The van der Waals surface area contributed by atoms with Crippen molar-refractivity contribution in [2.24, 2.45) is 0 Å². The maximum Gasteiger partial charge on any atom is 0.236 e. The molecule has 0 aliphatic carbocycles. The van der Waals surface area contributed by atoms with Gasteiger partial charge in [0.1, 0.15) is 0 Å². The number of halogens is 3. The molecule has 2 nitrogen and oxygen atoms in total. The molecule has 0 aliphatic heterocycles. The van der Waals surface area contributed by atoms with Crippen LogP contribution in [0.3, 0.4) is 0 Å². The highest BCUT2D eigenvalue weighted by Gasteiger charge is 2.12. The van der Waals surface area contributed by atoms with Gasteiger partial charge in [-0.05, 0) is 30.2 Å². The minimum Gasteiger partial charge on any atom is -0.212 e. The summed E-state index contributed by atoms with van der Waals surface area (Å²) in [5, 5.41) is 0.523. The predicted octanol–water partition coefficient (Wildman–Crippen LogP) is 3.48. The Bertz CT molecular complexity index is 457. The zero-order chi connectivity index (χ0) is 10.9. The van der Waals surface area contributed by atoms with Crippen molar-refractivity contribution in [3.05, 3.63) is 32.8 Å². The van der Waals surface area contributed by atoms with Crippen LogP contribution in [0.1, 0.15) is 11.1 Å². The topological polar surface area (TPSA) is 34.1 Å². The monoisotopic (exact) mass is 316 g/mol. The molecule has 6 heteroatoms. The molecule has 0 unspecified atom stereocenters. The van der Waals surface area contributed by atoms with Gasteiger partial charge in [-0.1, -0.05) is 27.5 Å². The lowest BCUT2D eigenvalue weighted by Gasteiger charge is -2.06. The van der Waals surface area contributed by atoms with Crippen LogP contribution in [-0.4, -0.2) is 8.42 Å². The van der Waals surface area contributed by atoms with Crippen LogP contribution in [0, 0.1) is 6.92 Å². The highest BCUT2D eigenvalue weighted by atomic mass is 79.9. The molecule has 0 N–H and O–H groups in total. The smallest absolute Gasteiger partial charge is 0.212 e. The molecule has 0 saturated heterocycles. The zero-order valence-corrected chi connectivity index (χ0v) is 11.1. The molecule has 78 valence electrons. The second-order valence-corrected chi connectivity index (χ2v) is 6.95. The molecule has 1 rings (SSSR count). The first-order valence-electron chi connectivity index (χ1n) is 3.66. The predicted molar refractivity (Wildman–Crippen MR) is 62.4 cm³/mol. The van der Waals surface area contributed by atoms with E-state index in [2.05, 4.69) is 15.9 Å². The molecule has 0 atom stereocenters. The quantitative estimate of drug-likeness (QED) is 0.783. The molecule has 0 amide bonds. The third kappa shape index (κ3) is 3.42. The summed E-state index contributed by atoms with van der Waals surface area (Å²) in [7, 11) is 1.62. The van der Waals surface area contributed by atoms with E-state index in [4.69, 9.17) is 22.3 Å². The van der Waals surface area contributed by atoms with E-state index in [1.54, 1.807) is 19.1 Å². The van der Waals surface area contributed by atoms with Gasteiger partial charge in [0, 0.05) is 20.2 Å². The number of rotatable bonds is 2. The van der Waals surface area contributed by atoms with Crippen LogP contribution < -0.4 is 0 Å². The summed E-state index contributed by atoms with van der Waals surface area (Å²) in [6.45, 7) is 1.76. The van der Waals surface area contributed by atoms with E-state index in [1.807, 2.05) is 0 Å². The fourth-order valence-electron chi connectivity index (χ4n) is 1.03. The van der Waals surface area contributed by atoms with Crippen molar-refractivity contribution in [2.45, 2.75) is 12.7 Å². The van der Waals surface area contributed by atoms with Crippen molar-refractivity contribution in [1.82, 2.24) is 0 Å². The Labute approximate surface area is 101 Å². The normalized spacial score (nSPS) is 11.7. The Morgan fingerprint density at radius 1 is 1.43 bits per heavy atom. The van der Waals surface area contributed by atoms with Gasteiger partial charge in [0.2, 0.25) is 9.05 Å². The fourth-order valence-corrected chi connectivity index (χ4v) is 2.93. The molecule has 0 aliphatic rings. The third-order valence-corrected chi connectivity index (χ3v) is 3.58. The summed E-state index contributed by atoms with van der Waals surface area (Å²) in [4.78, 5) is 0. The standard InChI is InChI=1S/C8H7BrCl2O2S/c1-5-6(4-14(11,12)13)2-7(9)3-8(5)10/h2-3H,4H2,1H3. The van der Waals surface area contributed by atoms with E-state index in [9.17, 15) is 8.42 Å². The summed E-state index contributed by atoms with van der Waals surface area (Å²) in [5.74, 6) is -0.209. The van der Waals surface area contributed by atoms with Gasteiger partial charge in [0.25, 0.3) is 0 Å². The Kier molecular flexibility index (Phi) is 3.86. The molecular formula is C8H7BrCl2O2S. The molecule has 0 radical (unpaired) electrons. The van der Waals surface area contributed by atoms with Crippen molar-refractivity contribution in [1.29, 1.82) is 0 Å². The summed E-state index contributed by atoms with van der Waals surface area (Å²) < 4.78 is 22.5. The first-order valence-corrected chi connectivity index (χ1v) is 7.31. The Balaban J connectivity index is 3.22. The summed E-state index contributed by atoms with van der Waals surface area (Å²) in [6.07, 6.45) is 0. The average molecular weight is 318 g/mol. The van der Waals surface area contributed by atoms with Crippen LogP contribution in [0.2, 0.25) is 5.02 Å². The molecule has 0 aromatic heterocycles. The number of benzene rings is 1. The second kappa shape index (κ2) is 4.39. The molecule has 0 saturated carbocycles. The van der Waals surface area contributed by atoms with E-state index in [0.29, 0.717) is 10.6 Å². The van der Waals surface area contributed by atoms with Gasteiger partial charge in [0.05, 0.1) is 5.75 Å². The van der Waals surface area contributed by atoms with E-state index in [0.717, 1.165) is 10.0 Å². The maximum absolute atomic E-state index is 10.9. The molecular weight excluding hydrogens is 311 g/mol. The molecule has 14 heavy (non-hydrogen) atoms. The largest absolute Gasteiger partial charge is 0.236 e. The highest BCUT2D eigenvalue weighted by Crippen LogP contribution is 2.26. The van der Waals surface area contributed by atoms with E-state index in [-0.39, 0.29) is 5.75 Å². The van der Waals surface area contributed by atoms with Crippen molar-refractivity contribution in [2.75, 3.05) is 0 Å². The van der Waals surface area contributed by atoms with Gasteiger partial charge in [-0.15, -0.1) is 0 Å². The minimum absolute atomic E-state index is 0.209. The van der Waals surface area contributed by atoms with E-state index >= 15 is 0 Å². The highest BCUT2D eigenvalue weighted by molar-refractivity contribution is 9.10. The first-order chi connectivity index (χ1) is 6.29. The average Bonchev–Trinajstić information content (AvgIpc) is 1.96. The molecule has 0 spiro atoms. The third-order valence-electron chi connectivity index (χ3n) is 1.74. The van der Waals surface area contributed by atoms with Crippen LogP contribution in [0.4, 0.5) is 0 Å². The van der Waals surface area contributed by atoms with Crippen molar-refractivity contribution in [3.63, 3.8) is 0 Å². The molecule has 0 fully saturated rings. The van der Waals surface area contributed by atoms with Gasteiger partial charge < -0.3 is 0 Å². The van der Waals surface area contributed by atoms with E-state index in [1.165, 1.54) is 0 Å². The summed E-state index contributed by atoms with van der Waals surface area (Å²) in [6, 6.07) is 3.41. The molecule has 0 heterocycles. The summed E-state index contributed by atoms with van der Waals surface area (Å²) in [5.41, 5.74) is 1.35. The van der Waals surface area contributed by atoms with Crippen molar-refractivity contribution >= 4 is 47.3 Å². The van der Waals surface area contributed by atoms with Gasteiger partial charge in [0.15, 0.2) is 0 Å². The Hall–Kier alpha value is 0.230. The minimum atomic E-state index is -3.54. The van der Waals surface area contributed by atoms with Crippen LogP contribution in [-0.2, 0) is 14.8 Å². The number of hydrogen-bond acceptors (Lipinski definition) is 2. The fraction of sp³-hybridized carbons (Fsp3) is 0.250. The first kappa shape index (κ1) is 12.3. The van der Waals surface area contributed by atoms with Gasteiger partial charge in [-0.25, -0.2) is 8.42 Å². The Morgan fingerprint density at radius 2 is 2.00 bits per heavy atom. The summed E-state index contributed by atoms with van der Waals surface area (Å²) >= 11 is 9.11. The van der Waals surface area contributed by atoms with Crippen LogP contribution >= 0.6 is 38.2 Å². The number of hydrogen-bond donors (Lipinski definition) is 0. The zero-order valence-electron chi connectivity index (χ0n) is 7.22. The Morgan fingerprint density at radius 3 is 2.50 bits per heavy atom. The molecule has 0 bridgehead atoms. The SMILES string of the molecule is Cc1c(Cl)cc(Br)cc1CS(=O)(=O)Cl. The van der Waals surface area contributed by atoms with Crippen molar-refractivity contribution in [3.8, 4) is 0 Å². The second-order valence-electron chi connectivity index (χ2n) is 2.85. The molecule has 1 aromatic rings. The lowest BCUT2D eigenvalue weighted by molar-refractivity contribution is 0.609. The van der Waals surface area contributed by atoms with Crippen molar-refractivity contribution < 1.29 is 8.42 Å². The van der Waals surface area contributed by atoms with Crippen LogP contribution in [0.15, 0.2) is 16.6 Å². The molecule has 1 aromatic carbocycles. The lowest BCUT2D eigenvalue weighted by atomic mass is 10.1. The lowest BCUT2D eigenvalue weighted by Crippen LogP contribution is -1.98. The van der Waals surface area contributed by atoms with E-state index < -0.39 is 9.05 Å².